The largest absolute Gasteiger partial charge is 0.396 e. The van der Waals surface area contributed by atoms with E-state index in [1.807, 2.05) is 24.0 Å². The molecule has 0 bridgehead atoms. The molecule has 0 aliphatic carbocycles. The highest BCUT2D eigenvalue weighted by molar-refractivity contribution is 5.95. The second-order valence-electron chi connectivity index (χ2n) is 7.17. The van der Waals surface area contributed by atoms with Crippen LogP contribution in [0, 0.1) is 12.3 Å². The predicted octanol–water partition coefficient (Wildman–Crippen LogP) is 2.86. The van der Waals surface area contributed by atoms with Crippen molar-refractivity contribution in [3.8, 4) is 11.4 Å². The molecule has 0 spiro atoms. The summed E-state index contributed by atoms with van der Waals surface area (Å²) in [4.78, 5) is 27.8. The number of carbonyl (C=O) groups excluding carboxylic acids is 1. The zero-order chi connectivity index (χ0) is 18.6. The summed E-state index contributed by atoms with van der Waals surface area (Å²) in [6, 6.07) is 3.73. The number of hydrogen-bond acceptors (Lipinski definition) is 5. The molecule has 2 aromatic heterocycles. The summed E-state index contributed by atoms with van der Waals surface area (Å²) in [5, 5.41) is 9.89. The van der Waals surface area contributed by atoms with Crippen LogP contribution in [0.4, 0.5) is 0 Å². The Hall–Kier alpha value is -2.34. The molecule has 1 aliphatic heterocycles. The van der Waals surface area contributed by atoms with E-state index in [0.717, 1.165) is 31.2 Å². The Morgan fingerprint density at radius 1 is 1.38 bits per heavy atom. The van der Waals surface area contributed by atoms with E-state index in [9.17, 15) is 9.90 Å². The lowest BCUT2D eigenvalue weighted by molar-refractivity contribution is 0.0221. The van der Waals surface area contributed by atoms with Gasteiger partial charge in [0.25, 0.3) is 5.91 Å². The van der Waals surface area contributed by atoms with Crippen molar-refractivity contribution in [2.75, 3.05) is 19.7 Å². The normalized spacial score (nSPS) is 20.2. The molecular weight excluding hydrogens is 328 g/mol. The molecular formula is C20H26N4O2. The van der Waals surface area contributed by atoms with Crippen LogP contribution in [0.3, 0.4) is 0 Å². The number of aliphatic hydroxyl groups excluding tert-OH is 1. The van der Waals surface area contributed by atoms with Gasteiger partial charge in [-0.05, 0) is 38.3 Å². The van der Waals surface area contributed by atoms with Gasteiger partial charge in [0.2, 0.25) is 0 Å². The highest BCUT2D eigenvalue weighted by Crippen LogP contribution is 2.34. The van der Waals surface area contributed by atoms with Gasteiger partial charge in [-0.3, -0.25) is 9.78 Å². The number of amides is 1. The molecule has 138 valence electrons. The Labute approximate surface area is 154 Å². The van der Waals surface area contributed by atoms with Gasteiger partial charge in [0.1, 0.15) is 0 Å². The van der Waals surface area contributed by atoms with Gasteiger partial charge >= 0.3 is 0 Å². The molecule has 1 fully saturated rings. The Morgan fingerprint density at radius 3 is 2.88 bits per heavy atom. The molecule has 0 aromatic carbocycles. The highest BCUT2D eigenvalue weighted by Gasteiger charge is 2.36. The minimum absolute atomic E-state index is 0.0473. The average molecular weight is 354 g/mol. The Kier molecular flexibility index (Phi) is 5.61. The summed E-state index contributed by atoms with van der Waals surface area (Å²) in [6.45, 7) is 5.39. The van der Waals surface area contributed by atoms with Crippen molar-refractivity contribution in [2.24, 2.45) is 5.41 Å². The first-order valence-electron chi connectivity index (χ1n) is 9.23. The third-order valence-corrected chi connectivity index (χ3v) is 5.19. The quantitative estimate of drug-likeness (QED) is 0.893. The van der Waals surface area contributed by atoms with E-state index in [-0.39, 0.29) is 17.9 Å². The van der Waals surface area contributed by atoms with Crippen molar-refractivity contribution in [1.82, 2.24) is 19.9 Å². The number of likely N-dealkylation sites (tertiary alicyclic amines) is 1. The molecule has 0 unspecified atom stereocenters. The average Bonchev–Trinajstić information content (AvgIpc) is 2.68. The second kappa shape index (κ2) is 7.91. The molecule has 1 atom stereocenters. The Morgan fingerprint density at radius 2 is 2.23 bits per heavy atom. The van der Waals surface area contributed by atoms with Crippen LogP contribution in [-0.4, -0.2) is 50.6 Å². The van der Waals surface area contributed by atoms with Gasteiger partial charge in [-0.1, -0.05) is 13.3 Å². The Balaban J connectivity index is 1.81. The summed E-state index contributed by atoms with van der Waals surface area (Å²) in [6.07, 6.45) is 8.85. The molecule has 0 saturated carbocycles. The van der Waals surface area contributed by atoms with Gasteiger partial charge in [0.05, 0.1) is 17.9 Å². The van der Waals surface area contributed by atoms with Crippen molar-refractivity contribution in [3.63, 3.8) is 0 Å². The van der Waals surface area contributed by atoms with Gasteiger partial charge in [0, 0.05) is 42.7 Å². The molecule has 1 N–H and O–H groups in total. The topological polar surface area (TPSA) is 79.2 Å². The first-order chi connectivity index (χ1) is 12.6. The highest BCUT2D eigenvalue weighted by atomic mass is 16.3. The fourth-order valence-corrected chi connectivity index (χ4v) is 3.81. The fourth-order valence-electron chi connectivity index (χ4n) is 3.81. The lowest BCUT2D eigenvalue weighted by Crippen LogP contribution is -2.48. The number of piperidine rings is 1. The van der Waals surface area contributed by atoms with Crippen molar-refractivity contribution >= 4 is 5.91 Å². The molecule has 6 heteroatoms. The lowest BCUT2D eigenvalue weighted by atomic mass is 9.77. The van der Waals surface area contributed by atoms with Crippen LogP contribution in [0.1, 0.15) is 48.7 Å². The molecule has 6 nitrogen and oxygen atoms in total. The number of hydrogen-bond donors (Lipinski definition) is 1. The van der Waals surface area contributed by atoms with Crippen LogP contribution < -0.4 is 0 Å². The smallest absolute Gasteiger partial charge is 0.257 e. The second-order valence-corrected chi connectivity index (χ2v) is 7.17. The van der Waals surface area contributed by atoms with E-state index in [2.05, 4.69) is 21.9 Å². The lowest BCUT2D eigenvalue weighted by Gasteiger charge is -2.42. The van der Waals surface area contributed by atoms with Crippen molar-refractivity contribution < 1.29 is 9.90 Å². The number of nitrogens with zero attached hydrogens (tertiary/aromatic N) is 4. The first-order valence-corrected chi connectivity index (χ1v) is 9.23. The molecule has 0 radical (unpaired) electrons. The van der Waals surface area contributed by atoms with Gasteiger partial charge < -0.3 is 10.0 Å². The molecule has 1 amide bonds. The number of pyridine rings is 1. The third kappa shape index (κ3) is 3.75. The molecule has 1 aliphatic rings. The van der Waals surface area contributed by atoms with Gasteiger partial charge in [0.15, 0.2) is 5.82 Å². The van der Waals surface area contributed by atoms with Gasteiger partial charge in [-0.15, -0.1) is 0 Å². The van der Waals surface area contributed by atoms with E-state index in [4.69, 9.17) is 0 Å². The van der Waals surface area contributed by atoms with Crippen molar-refractivity contribution in [3.05, 3.63) is 42.0 Å². The molecule has 3 rings (SSSR count). The minimum atomic E-state index is -0.174. The standard InChI is InChI=1S/C20H26N4O2/c1-3-7-20(14-25)8-5-10-24(13-20)19(26)17-12-22-18(23-15(17)2)16-6-4-9-21-11-16/h4,6,9,11-12,25H,3,5,7-8,10,13-14H2,1-2H3/t20-/m0/s1. The van der Waals surface area contributed by atoms with Crippen LogP contribution in [0.15, 0.2) is 30.7 Å². The third-order valence-electron chi connectivity index (χ3n) is 5.19. The summed E-state index contributed by atoms with van der Waals surface area (Å²) < 4.78 is 0. The van der Waals surface area contributed by atoms with Gasteiger partial charge in [-0.25, -0.2) is 9.97 Å². The number of aromatic nitrogens is 3. The molecule has 2 aromatic rings. The van der Waals surface area contributed by atoms with Crippen LogP contribution in [0.25, 0.3) is 11.4 Å². The minimum Gasteiger partial charge on any atom is -0.396 e. The van der Waals surface area contributed by atoms with Crippen LogP contribution in [0.5, 0.6) is 0 Å². The maximum atomic E-state index is 13.0. The zero-order valence-electron chi connectivity index (χ0n) is 15.5. The van der Waals surface area contributed by atoms with Crippen molar-refractivity contribution in [1.29, 1.82) is 0 Å². The summed E-state index contributed by atoms with van der Waals surface area (Å²) in [7, 11) is 0. The van der Waals surface area contributed by atoms with E-state index >= 15 is 0 Å². The van der Waals surface area contributed by atoms with Crippen LogP contribution >= 0.6 is 0 Å². The van der Waals surface area contributed by atoms with Crippen molar-refractivity contribution in [2.45, 2.75) is 39.5 Å². The maximum absolute atomic E-state index is 13.0. The number of carbonyl (C=O) groups is 1. The van der Waals surface area contributed by atoms with Crippen LogP contribution in [0.2, 0.25) is 0 Å². The Bertz CT molecular complexity index is 762. The van der Waals surface area contributed by atoms with E-state index < -0.39 is 0 Å². The summed E-state index contributed by atoms with van der Waals surface area (Å²) >= 11 is 0. The maximum Gasteiger partial charge on any atom is 0.257 e. The molecule has 1 saturated heterocycles. The van der Waals surface area contributed by atoms with E-state index in [0.29, 0.717) is 30.2 Å². The number of aliphatic hydroxyl groups is 1. The summed E-state index contributed by atoms with van der Waals surface area (Å²) in [5.74, 6) is 0.523. The van der Waals surface area contributed by atoms with Gasteiger partial charge in [-0.2, -0.15) is 0 Å². The zero-order valence-corrected chi connectivity index (χ0v) is 15.5. The number of rotatable bonds is 5. The molecule has 3 heterocycles. The number of aryl methyl sites for hydroxylation is 1. The first kappa shape index (κ1) is 18.5. The predicted molar refractivity (Wildman–Crippen MR) is 99.6 cm³/mol. The fraction of sp³-hybridized carbons (Fsp3) is 0.500. The SMILES string of the molecule is CCC[C@]1(CO)CCCN(C(=O)c2cnc(-c3cccnc3)nc2C)C1. The van der Waals surface area contributed by atoms with Crippen LogP contribution in [-0.2, 0) is 0 Å². The summed E-state index contributed by atoms with van der Waals surface area (Å²) in [5.41, 5.74) is 1.85. The van der Waals surface area contributed by atoms with E-state index in [1.165, 1.54) is 0 Å². The monoisotopic (exact) mass is 354 g/mol. The molecule has 26 heavy (non-hydrogen) atoms. The van der Waals surface area contributed by atoms with E-state index in [1.54, 1.807) is 18.6 Å².